The lowest BCUT2D eigenvalue weighted by Crippen LogP contribution is -2.41. The summed E-state index contributed by atoms with van der Waals surface area (Å²) in [4.78, 5) is 4.20. The Bertz CT molecular complexity index is 591. The molecule has 1 heterocycles. The van der Waals surface area contributed by atoms with Crippen molar-refractivity contribution in [2.24, 2.45) is 0 Å². The molecule has 112 valence electrons. The van der Waals surface area contributed by atoms with Gasteiger partial charge in [-0.05, 0) is 37.3 Å². The molecule has 0 saturated heterocycles. The van der Waals surface area contributed by atoms with Crippen molar-refractivity contribution in [2.45, 2.75) is 38.1 Å². The summed E-state index contributed by atoms with van der Waals surface area (Å²) in [6, 6.07) is 8.87. The van der Waals surface area contributed by atoms with E-state index in [0.29, 0.717) is 23.7 Å². The van der Waals surface area contributed by atoms with Gasteiger partial charge >= 0.3 is 0 Å². The molecule has 1 aliphatic carbocycles. The standard InChI is InChI=1S/C16H21N3O2/c1-11-18-16(21-19-11)7-8-17-13-9-12(10-13)14-5-3-4-6-15(14)20-2/h3-6,12-13,17H,7-10H2,1-2H3. The zero-order valence-corrected chi connectivity index (χ0v) is 12.5. The molecular weight excluding hydrogens is 266 g/mol. The van der Waals surface area contributed by atoms with Gasteiger partial charge in [0, 0.05) is 19.0 Å². The third-order valence-electron chi connectivity index (χ3n) is 4.06. The molecule has 1 aromatic heterocycles. The van der Waals surface area contributed by atoms with E-state index in [1.165, 1.54) is 5.56 Å². The average molecular weight is 287 g/mol. The van der Waals surface area contributed by atoms with Gasteiger partial charge in [0.1, 0.15) is 5.75 Å². The number of aryl methyl sites for hydroxylation is 1. The fraction of sp³-hybridized carbons (Fsp3) is 0.500. The molecule has 0 unspecified atom stereocenters. The first-order valence-electron chi connectivity index (χ1n) is 7.41. The maximum Gasteiger partial charge on any atom is 0.227 e. The Morgan fingerprint density at radius 3 is 2.86 bits per heavy atom. The highest BCUT2D eigenvalue weighted by Crippen LogP contribution is 2.40. The summed E-state index contributed by atoms with van der Waals surface area (Å²) in [5.41, 5.74) is 1.32. The monoisotopic (exact) mass is 287 g/mol. The number of aromatic nitrogens is 2. The van der Waals surface area contributed by atoms with Crippen LogP contribution >= 0.6 is 0 Å². The maximum absolute atomic E-state index is 5.43. The van der Waals surface area contributed by atoms with Crippen LogP contribution in [0.5, 0.6) is 5.75 Å². The molecule has 1 aliphatic rings. The molecule has 0 radical (unpaired) electrons. The fourth-order valence-corrected chi connectivity index (χ4v) is 2.87. The van der Waals surface area contributed by atoms with E-state index >= 15 is 0 Å². The maximum atomic E-state index is 5.43. The van der Waals surface area contributed by atoms with Gasteiger partial charge < -0.3 is 14.6 Å². The molecule has 0 bridgehead atoms. The highest BCUT2D eigenvalue weighted by Gasteiger charge is 2.31. The molecule has 0 aliphatic heterocycles. The Balaban J connectivity index is 1.43. The van der Waals surface area contributed by atoms with Crippen molar-refractivity contribution in [3.63, 3.8) is 0 Å². The molecule has 5 heteroatoms. The number of rotatable bonds is 6. The number of benzene rings is 1. The number of hydrogen-bond donors (Lipinski definition) is 1. The van der Waals surface area contributed by atoms with Gasteiger partial charge in [-0.15, -0.1) is 0 Å². The van der Waals surface area contributed by atoms with E-state index in [0.717, 1.165) is 31.6 Å². The van der Waals surface area contributed by atoms with Crippen molar-refractivity contribution < 1.29 is 9.26 Å². The van der Waals surface area contributed by atoms with E-state index in [9.17, 15) is 0 Å². The van der Waals surface area contributed by atoms with Gasteiger partial charge in [-0.25, -0.2) is 0 Å². The van der Waals surface area contributed by atoms with Crippen molar-refractivity contribution in [1.29, 1.82) is 0 Å². The molecule has 5 nitrogen and oxygen atoms in total. The Kier molecular flexibility index (Phi) is 4.20. The van der Waals surface area contributed by atoms with E-state index in [1.807, 2.05) is 19.1 Å². The van der Waals surface area contributed by atoms with Crippen molar-refractivity contribution >= 4 is 0 Å². The Hall–Kier alpha value is -1.88. The number of methoxy groups -OCH3 is 1. The summed E-state index contributed by atoms with van der Waals surface area (Å²) >= 11 is 0. The van der Waals surface area contributed by atoms with Crippen LogP contribution in [-0.4, -0.2) is 29.8 Å². The molecule has 1 aromatic carbocycles. The van der Waals surface area contributed by atoms with Crippen LogP contribution in [0.3, 0.4) is 0 Å². The third-order valence-corrected chi connectivity index (χ3v) is 4.06. The van der Waals surface area contributed by atoms with Crippen LogP contribution in [0.1, 0.15) is 36.0 Å². The molecule has 1 fully saturated rings. The highest BCUT2D eigenvalue weighted by molar-refractivity contribution is 5.37. The molecule has 21 heavy (non-hydrogen) atoms. The Morgan fingerprint density at radius 1 is 1.33 bits per heavy atom. The van der Waals surface area contributed by atoms with E-state index < -0.39 is 0 Å². The molecule has 3 rings (SSSR count). The van der Waals surface area contributed by atoms with Gasteiger partial charge in [0.2, 0.25) is 5.89 Å². The van der Waals surface area contributed by atoms with Gasteiger partial charge in [-0.2, -0.15) is 4.98 Å². The first-order chi connectivity index (χ1) is 10.3. The summed E-state index contributed by atoms with van der Waals surface area (Å²) in [6.07, 6.45) is 3.10. The van der Waals surface area contributed by atoms with E-state index in [2.05, 4.69) is 27.6 Å². The summed E-state index contributed by atoms with van der Waals surface area (Å²) in [7, 11) is 1.74. The number of hydrogen-bond acceptors (Lipinski definition) is 5. The minimum Gasteiger partial charge on any atom is -0.496 e. The van der Waals surface area contributed by atoms with Gasteiger partial charge in [0.25, 0.3) is 0 Å². The molecule has 0 amide bonds. The third kappa shape index (κ3) is 3.24. The lowest BCUT2D eigenvalue weighted by molar-refractivity contribution is 0.280. The summed E-state index contributed by atoms with van der Waals surface area (Å²) in [5, 5.41) is 7.34. The fourth-order valence-electron chi connectivity index (χ4n) is 2.87. The second-order valence-corrected chi connectivity index (χ2v) is 5.55. The van der Waals surface area contributed by atoms with Crippen LogP contribution in [0.15, 0.2) is 28.8 Å². The Labute approximate surface area is 124 Å². The first kappa shape index (κ1) is 14.1. The zero-order valence-electron chi connectivity index (χ0n) is 12.5. The topological polar surface area (TPSA) is 60.2 Å². The van der Waals surface area contributed by atoms with Crippen molar-refractivity contribution in [3.05, 3.63) is 41.5 Å². The van der Waals surface area contributed by atoms with E-state index in [1.54, 1.807) is 7.11 Å². The largest absolute Gasteiger partial charge is 0.496 e. The lowest BCUT2D eigenvalue weighted by Gasteiger charge is -2.37. The molecule has 0 atom stereocenters. The van der Waals surface area contributed by atoms with Crippen LogP contribution in [0.2, 0.25) is 0 Å². The summed E-state index contributed by atoms with van der Waals surface area (Å²) in [5.74, 6) is 3.01. The second kappa shape index (κ2) is 6.26. The van der Waals surface area contributed by atoms with Crippen LogP contribution in [0.25, 0.3) is 0 Å². The normalized spacial score (nSPS) is 21.0. The first-order valence-corrected chi connectivity index (χ1v) is 7.41. The minimum atomic E-state index is 0.573. The lowest BCUT2D eigenvalue weighted by atomic mass is 9.75. The van der Waals surface area contributed by atoms with Gasteiger partial charge in [-0.3, -0.25) is 0 Å². The van der Waals surface area contributed by atoms with Crippen molar-refractivity contribution in [3.8, 4) is 5.75 Å². The van der Waals surface area contributed by atoms with Crippen LogP contribution in [0.4, 0.5) is 0 Å². The van der Waals surface area contributed by atoms with Gasteiger partial charge in [0.05, 0.1) is 7.11 Å². The molecule has 0 spiro atoms. The smallest absolute Gasteiger partial charge is 0.227 e. The van der Waals surface area contributed by atoms with E-state index in [4.69, 9.17) is 9.26 Å². The SMILES string of the molecule is COc1ccccc1C1CC(NCCc2nc(C)no2)C1. The Morgan fingerprint density at radius 2 is 2.14 bits per heavy atom. The second-order valence-electron chi connectivity index (χ2n) is 5.55. The zero-order chi connectivity index (χ0) is 14.7. The molecular formula is C16H21N3O2. The van der Waals surface area contributed by atoms with Crippen LogP contribution in [-0.2, 0) is 6.42 Å². The minimum absolute atomic E-state index is 0.573. The number of nitrogens with zero attached hydrogens (tertiary/aromatic N) is 2. The predicted molar refractivity (Wildman–Crippen MR) is 79.5 cm³/mol. The number of nitrogens with one attached hydrogen (secondary N) is 1. The van der Waals surface area contributed by atoms with Gasteiger partial charge in [-0.1, -0.05) is 23.4 Å². The van der Waals surface area contributed by atoms with Crippen LogP contribution < -0.4 is 10.1 Å². The molecule has 1 saturated carbocycles. The number of ether oxygens (including phenoxy) is 1. The van der Waals surface area contributed by atoms with Crippen LogP contribution in [0, 0.1) is 6.92 Å². The van der Waals surface area contributed by atoms with E-state index in [-0.39, 0.29) is 0 Å². The van der Waals surface area contributed by atoms with Crippen molar-refractivity contribution in [2.75, 3.05) is 13.7 Å². The number of para-hydroxylation sites is 1. The highest BCUT2D eigenvalue weighted by atomic mass is 16.5. The molecule has 2 aromatic rings. The summed E-state index contributed by atoms with van der Waals surface area (Å²) in [6.45, 7) is 2.72. The summed E-state index contributed by atoms with van der Waals surface area (Å²) < 4.78 is 10.5. The predicted octanol–water partition coefficient (Wildman–Crippen LogP) is 2.46. The molecule has 1 N–H and O–H groups in total. The average Bonchev–Trinajstić information content (AvgIpc) is 2.87. The quantitative estimate of drug-likeness (QED) is 0.884. The van der Waals surface area contributed by atoms with Crippen molar-refractivity contribution in [1.82, 2.24) is 15.5 Å². The van der Waals surface area contributed by atoms with Gasteiger partial charge in [0.15, 0.2) is 5.82 Å².